The lowest BCUT2D eigenvalue weighted by Gasteiger charge is -2.25. The molecule has 0 heterocycles. The lowest BCUT2D eigenvalue weighted by molar-refractivity contribution is 1.40. The van der Waals surface area contributed by atoms with Crippen molar-refractivity contribution in [3.8, 4) is 0 Å². The molecule has 0 amide bonds. The molecule has 0 spiro atoms. The fourth-order valence-electron chi connectivity index (χ4n) is 2.49. The minimum atomic E-state index is -0.621. The van der Waals surface area contributed by atoms with Crippen LogP contribution in [-0.4, -0.2) is 0 Å². The van der Waals surface area contributed by atoms with Crippen LogP contribution in [0.5, 0.6) is 0 Å². The average molecular weight is 594 g/mol. The third kappa shape index (κ3) is 4.80. The SMILES string of the molecule is Br.BrC(Br)(Br)c1ccccc1P(c1ccccc1)c1ccccc1. The molecule has 3 aromatic rings. The predicted molar refractivity (Wildman–Crippen MR) is 124 cm³/mol. The third-order valence-corrected chi connectivity index (χ3v) is 7.26. The van der Waals surface area contributed by atoms with Crippen molar-refractivity contribution < 1.29 is 0 Å². The highest BCUT2D eigenvalue weighted by atomic mass is 80.0. The number of benzene rings is 3. The summed E-state index contributed by atoms with van der Waals surface area (Å²) in [6, 6.07) is 30.0. The molecule has 0 radical (unpaired) electrons. The Kier molecular flexibility index (Phi) is 7.70. The van der Waals surface area contributed by atoms with E-state index in [-0.39, 0.29) is 17.0 Å². The molecular weight excluding hydrogens is 579 g/mol. The smallest absolute Gasteiger partial charge is 0.114 e. The molecule has 0 N–H and O–H groups in total. The second kappa shape index (κ2) is 9.09. The molecule has 0 nitrogen and oxygen atoms in total. The first-order valence-electron chi connectivity index (χ1n) is 7.14. The molecule has 0 saturated carbocycles. The van der Waals surface area contributed by atoms with Crippen LogP contribution in [0.1, 0.15) is 5.56 Å². The molecule has 3 rings (SSSR count). The maximum absolute atomic E-state index is 3.69. The highest BCUT2D eigenvalue weighted by Gasteiger charge is 2.28. The minimum Gasteiger partial charge on any atom is -0.114 e. The lowest BCUT2D eigenvalue weighted by Crippen LogP contribution is -2.25. The van der Waals surface area contributed by atoms with Gasteiger partial charge in [0.1, 0.15) is 0 Å². The zero-order valence-corrected chi connectivity index (χ0v) is 19.9. The van der Waals surface area contributed by atoms with Gasteiger partial charge in [-0.05, 0) is 29.4 Å². The van der Waals surface area contributed by atoms with Crippen LogP contribution in [-0.2, 0) is 2.14 Å². The van der Waals surface area contributed by atoms with Crippen LogP contribution < -0.4 is 15.9 Å². The Bertz CT molecular complexity index is 731. The van der Waals surface area contributed by atoms with Crippen molar-refractivity contribution in [3.63, 3.8) is 0 Å². The molecule has 124 valence electrons. The van der Waals surface area contributed by atoms with Gasteiger partial charge in [-0.1, -0.05) is 133 Å². The van der Waals surface area contributed by atoms with Crippen LogP contribution in [0.2, 0.25) is 0 Å². The first kappa shape index (κ1) is 20.3. The van der Waals surface area contributed by atoms with E-state index in [4.69, 9.17) is 0 Å². The summed E-state index contributed by atoms with van der Waals surface area (Å²) >= 11 is 11.1. The van der Waals surface area contributed by atoms with E-state index in [0.717, 1.165) is 0 Å². The van der Waals surface area contributed by atoms with E-state index in [1.54, 1.807) is 0 Å². The quantitative estimate of drug-likeness (QED) is 0.246. The molecule has 0 fully saturated rings. The largest absolute Gasteiger partial charge is 0.160 e. The van der Waals surface area contributed by atoms with E-state index in [2.05, 4.69) is 133 Å². The van der Waals surface area contributed by atoms with Crippen LogP contribution >= 0.6 is 72.7 Å². The Balaban J connectivity index is 0.00000208. The predicted octanol–water partition coefficient (Wildman–Crippen LogP) is 6.32. The van der Waals surface area contributed by atoms with Gasteiger partial charge in [0.05, 0.1) is 0 Å². The highest BCUT2D eigenvalue weighted by Crippen LogP contribution is 2.47. The van der Waals surface area contributed by atoms with Gasteiger partial charge in [0.2, 0.25) is 0 Å². The number of hydrogen-bond donors (Lipinski definition) is 0. The lowest BCUT2D eigenvalue weighted by atomic mass is 10.2. The normalized spacial score (nSPS) is 11.2. The van der Waals surface area contributed by atoms with Gasteiger partial charge in [-0.3, -0.25) is 0 Å². The van der Waals surface area contributed by atoms with Gasteiger partial charge >= 0.3 is 0 Å². The first-order valence-corrected chi connectivity index (χ1v) is 10.9. The van der Waals surface area contributed by atoms with Crippen molar-refractivity contribution in [2.45, 2.75) is 2.14 Å². The maximum Gasteiger partial charge on any atom is 0.160 e. The van der Waals surface area contributed by atoms with Gasteiger partial charge in [-0.2, -0.15) is 0 Å². The van der Waals surface area contributed by atoms with Gasteiger partial charge in [0.25, 0.3) is 0 Å². The van der Waals surface area contributed by atoms with E-state index < -0.39 is 10.1 Å². The van der Waals surface area contributed by atoms with E-state index in [1.165, 1.54) is 21.5 Å². The van der Waals surface area contributed by atoms with E-state index in [0.29, 0.717) is 0 Å². The zero-order chi connectivity index (χ0) is 16.3. The summed E-state index contributed by atoms with van der Waals surface area (Å²) in [4.78, 5) is 0. The Morgan fingerprint density at radius 3 is 1.46 bits per heavy atom. The Morgan fingerprint density at radius 2 is 1.00 bits per heavy atom. The van der Waals surface area contributed by atoms with E-state index >= 15 is 0 Å². The second-order valence-electron chi connectivity index (χ2n) is 5.02. The summed E-state index contributed by atoms with van der Waals surface area (Å²) in [6.07, 6.45) is 0. The third-order valence-electron chi connectivity index (χ3n) is 3.48. The summed E-state index contributed by atoms with van der Waals surface area (Å²) in [5.74, 6) is 0. The van der Waals surface area contributed by atoms with Crippen molar-refractivity contribution in [1.29, 1.82) is 0 Å². The van der Waals surface area contributed by atoms with Crippen LogP contribution in [0.4, 0.5) is 0 Å². The molecule has 5 heteroatoms. The van der Waals surface area contributed by atoms with Gasteiger partial charge in [0.15, 0.2) is 2.14 Å². The summed E-state index contributed by atoms with van der Waals surface area (Å²) in [5.41, 5.74) is 1.19. The van der Waals surface area contributed by atoms with Gasteiger partial charge in [-0.15, -0.1) is 17.0 Å². The van der Waals surface area contributed by atoms with Crippen LogP contribution in [0.15, 0.2) is 84.9 Å². The second-order valence-corrected chi connectivity index (χ2v) is 14.0. The summed E-state index contributed by atoms with van der Waals surface area (Å²) < 4.78 is -0.423. The molecule has 0 saturated heterocycles. The summed E-state index contributed by atoms with van der Waals surface area (Å²) in [5, 5.41) is 4.02. The van der Waals surface area contributed by atoms with Crippen molar-refractivity contribution in [2.75, 3.05) is 0 Å². The summed E-state index contributed by atoms with van der Waals surface area (Å²) in [6.45, 7) is 0. The molecule has 0 bridgehead atoms. The van der Waals surface area contributed by atoms with Crippen molar-refractivity contribution in [1.82, 2.24) is 0 Å². The maximum atomic E-state index is 3.69. The fourth-order valence-corrected chi connectivity index (χ4v) is 6.50. The Morgan fingerprint density at radius 1 is 0.583 bits per heavy atom. The van der Waals surface area contributed by atoms with Crippen LogP contribution in [0.3, 0.4) is 0 Å². The molecule has 0 aliphatic rings. The van der Waals surface area contributed by atoms with E-state index in [9.17, 15) is 0 Å². The number of halogens is 4. The van der Waals surface area contributed by atoms with Gasteiger partial charge < -0.3 is 0 Å². The first-order chi connectivity index (χ1) is 11.1. The topological polar surface area (TPSA) is 0 Å². The molecular formula is C19H15Br4P. The fraction of sp³-hybridized carbons (Fsp3) is 0.0526. The Labute approximate surface area is 180 Å². The monoisotopic (exact) mass is 590 g/mol. The molecule has 0 unspecified atom stereocenters. The Hall–Kier alpha value is 0.0100. The van der Waals surface area contributed by atoms with Crippen LogP contribution in [0, 0.1) is 0 Å². The van der Waals surface area contributed by atoms with Crippen molar-refractivity contribution in [3.05, 3.63) is 90.5 Å². The molecule has 0 atom stereocenters. The number of rotatable bonds is 3. The van der Waals surface area contributed by atoms with Gasteiger partial charge in [0, 0.05) is 0 Å². The van der Waals surface area contributed by atoms with Crippen molar-refractivity contribution in [2.24, 2.45) is 0 Å². The molecule has 24 heavy (non-hydrogen) atoms. The molecule has 0 aromatic heterocycles. The van der Waals surface area contributed by atoms with Gasteiger partial charge in [-0.25, -0.2) is 0 Å². The minimum absolute atomic E-state index is 0. The average Bonchev–Trinajstić information content (AvgIpc) is 2.57. The van der Waals surface area contributed by atoms with Crippen LogP contribution in [0.25, 0.3) is 0 Å². The molecule has 3 aromatic carbocycles. The zero-order valence-electron chi connectivity index (χ0n) is 12.6. The molecule has 0 aliphatic heterocycles. The summed E-state index contributed by atoms with van der Waals surface area (Å²) in [7, 11) is -0.621. The highest BCUT2D eigenvalue weighted by molar-refractivity contribution is 9.38. The molecule has 0 aliphatic carbocycles. The standard InChI is InChI=1S/C19H14Br3P.BrH/c20-19(21,22)17-13-7-8-14-18(17)23(15-9-3-1-4-10-15)16-11-5-2-6-12-16;/h1-14H;1H. The number of hydrogen-bond acceptors (Lipinski definition) is 0. The number of alkyl halides is 3. The van der Waals surface area contributed by atoms with E-state index in [1.807, 2.05) is 0 Å². The van der Waals surface area contributed by atoms with Crippen molar-refractivity contribution >= 4 is 88.6 Å².